The number of carbonyl (C=O) groups is 2. The second-order valence-electron chi connectivity index (χ2n) is 9.57. The van der Waals surface area contributed by atoms with Gasteiger partial charge in [0.2, 0.25) is 5.92 Å². The summed E-state index contributed by atoms with van der Waals surface area (Å²) in [6.07, 6.45) is -8.38. The highest BCUT2D eigenvalue weighted by atomic mass is 19.4. The number of aromatic nitrogens is 2. The van der Waals surface area contributed by atoms with Crippen molar-refractivity contribution in [2.75, 3.05) is 0 Å². The summed E-state index contributed by atoms with van der Waals surface area (Å²) in [6, 6.07) is 9.87. The Morgan fingerprint density at radius 1 is 1.13 bits per heavy atom. The van der Waals surface area contributed by atoms with Gasteiger partial charge in [0.25, 0.3) is 0 Å². The molecule has 1 aliphatic carbocycles. The van der Waals surface area contributed by atoms with Crippen LogP contribution in [-0.2, 0) is 16.1 Å². The van der Waals surface area contributed by atoms with Crippen LogP contribution in [-0.4, -0.2) is 39.2 Å². The molecule has 2 atom stereocenters. The van der Waals surface area contributed by atoms with Crippen LogP contribution in [0.5, 0.6) is 0 Å². The third-order valence-corrected chi connectivity index (χ3v) is 6.76. The minimum Gasteiger partial charge on any atom is -0.481 e. The van der Waals surface area contributed by atoms with E-state index in [2.05, 4.69) is 15.3 Å². The number of rotatable bonds is 8. The van der Waals surface area contributed by atoms with Crippen molar-refractivity contribution >= 4 is 23.1 Å². The number of amides is 1. The number of fused-ring (bicyclic) bond motifs is 1. The third kappa shape index (κ3) is 7.01. The summed E-state index contributed by atoms with van der Waals surface area (Å²) in [4.78, 5) is 31.1. The quantitative estimate of drug-likeness (QED) is 0.270. The molecule has 0 saturated heterocycles. The van der Waals surface area contributed by atoms with Gasteiger partial charge in [-0.1, -0.05) is 36.4 Å². The van der Waals surface area contributed by atoms with Crippen molar-refractivity contribution in [2.24, 2.45) is 5.92 Å². The predicted octanol–water partition coefficient (Wildman–Crippen LogP) is 6.62. The fraction of sp³-hybridized carbons (Fsp3) is 0.423. The van der Waals surface area contributed by atoms with Gasteiger partial charge in [-0.25, -0.2) is 22.9 Å². The van der Waals surface area contributed by atoms with E-state index in [9.17, 15) is 36.6 Å². The zero-order chi connectivity index (χ0) is 28.4. The lowest BCUT2D eigenvalue weighted by atomic mass is 9.82. The topological polar surface area (TPSA) is 104 Å². The molecule has 2 aromatic carbocycles. The molecule has 0 spiro atoms. The second kappa shape index (κ2) is 11.1. The number of aromatic amines is 1. The van der Waals surface area contributed by atoms with Crippen LogP contribution in [0.25, 0.3) is 11.0 Å². The summed E-state index contributed by atoms with van der Waals surface area (Å²) >= 11 is 0. The van der Waals surface area contributed by atoms with Crippen molar-refractivity contribution < 1.29 is 45.8 Å². The Hall–Kier alpha value is -3.77. The molecule has 4 rings (SSSR count). The molecule has 1 heterocycles. The molecule has 7 nitrogen and oxygen atoms in total. The maximum Gasteiger partial charge on any atom is 0.408 e. The van der Waals surface area contributed by atoms with E-state index in [-0.39, 0.29) is 30.8 Å². The van der Waals surface area contributed by atoms with Gasteiger partial charge in [0, 0.05) is 18.4 Å². The number of aliphatic carboxylic acids is 1. The van der Waals surface area contributed by atoms with E-state index < -0.39 is 78.2 Å². The molecule has 13 heteroatoms. The fourth-order valence-corrected chi connectivity index (χ4v) is 4.75. The molecule has 0 bridgehead atoms. The van der Waals surface area contributed by atoms with Gasteiger partial charge in [0.1, 0.15) is 17.9 Å². The zero-order valence-corrected chi connectivity index (χ0v) is 20.4. The number of imidazole rings is 1. The summed E-state index contributed by atoms with van der Waals surface area (Å²) in [6.45, 7) is -0.0734. The number of alkyl carbamates (subject to hydrolysis) is 1. The van der Waals surface area contributed by atoms with Crippen molar-refractivity contribution in [3.8, 4) is 0 Å². The Morgan fingerprint density at radius 2 is 1.79 bits per heavy atom. The maximum absolute atomic E-state index is 15.3. The standard InChI is InChI=1S/C26H25F6N3O4/c27-19-16(17(23(36)37)12-26(30,31)32)6-7-18-21(19)34-22(33-18)20(15-8-10-25(28,29)11-9-15)35-24(38)39-13-14-4-2-1-3-5-14/h1-7,15,17,20H,8-13H2,(H,33,34)(H,35,38)(H,36,37)/t17?,20-/m0/s1. The highest BCUT2D eigenvalue weighted by Crippen LogP contribution is 2.42. The van der Waals surface area contributed by atoms with Gasteiger partial charge in [-0.2, -0.15) is 13.2 Å². The number of nitrogens with zero attached hydrogens (tertiary/aromatic N) is 1. The maximum atomic E-state index is 15.3. The van der Waals surface area contributed by atoms with Gasteiger partial charge in [-0.3, -0.25) is 4.79 Å². The number of alkyl halides is 5. The molecule has 1 unspecified atom stereocenters. The van der Waals surface area contributed by atoms with E-state index in [1.54, 1.807) is 30.3 Å². The molecule has 0 aliphatic heterocycles. The highest BCUT2D eigenvalue weighted by molar-refractivity contribution is 5.82. The molecule has 1 aromatic heterocycles. The van der Waals surface area contributed by atoms with E-state index in [0.717, 1.165) is 6.07 Å². The normalized spacial score (nSPS) is 17.5. The Kier molecular flexibility index (Phi) is 8.07. The van der Waals surface area contributed by atoms with E-state index in [0.29, 0.717) is 5.56 Å². The van der Waals surface area contributed by atoms with Crippen LogP contribution in [0, 0.1) is 11.7 Å². The molecule has 210 valence electrons. The summed E-state index contributed by atoms with van der Waals surface area (Å²) in [5.41, 5.74) is -0.393. The lowest BCUT2D eigenvalue weighted by molar-refractivity contribution is -0.157. The summed E-state index contributed by atoms with van der Waals surface area (Å²) < 4.78 is 87.1. The SMILES string of the molecule is O=C(N[C@H](c1nc2c(F)c(C(CC(F)(F)F)C(=O)O)ccc2[nH]1)C1CCC(F)(F)CC1)OCc1ccccc1. The molecule has 3 N–H and O–H groups in total. The smallest absolute Gasteiger partial charge is 0.408 e. The largest absolute Gasteiger partial charge is 0.481 e. The fourth-order valence-electron chi connectivity index (χ4n) is 4.75. The van der Waals surface area contributed by atoms with Gasteiger partial charge >= 0.3 is 18.2 Å². The van der Waals surface area contributed by atoms with Crippen molar-refractivity contribution in [3.63, 3.8) is 0 Å². The van der Waals surface area contributed by atoms with E-state index in [1.807, 2.05) is 0 Å². The number of carboxylic acids is 1. The monoisotopic (exact) mass is 557 g/mol. The molecule has 3 aromatic rings. The summed E-state index contributed by atoms with van der Waals surface area (Å²) in [7, 11) is 0. The molecule has 0 radical (unpaired) electrons. The van der Waals surface area contributed by atoms with E-state index in [1.165, 1.54) is 6.07 Å². The number of carbonyl (C=O) groups excluding carboxylic acids is 1. The van der Waals surface area contributed by atoms with Gasteiger partial charge in [-0.15, -0.1) is 0 Å². The van der Waals surface area contributed by atoms with Crippen molar-refractivity contribution in [3.05, 3.63) is 65.2 Å². The van der Waals surface area contributed by atoms with Gasteiger partial charge in [-0.05, 0) is 30.4 Å². The first-order valence-corrected chi connectivity index (χ1v) is 12.2. The first kappa shape index (κ1) is 28.2. The number of hydrogen-bond donors (Lipinski definition) is 3. The minimum atomic E-state index is -4.86. The van der Waals surface area contributed by atoms with Crippen LogP contribution in [0.4, 0.5) is 31.1 Å². The van der Waals surface area contributed by atoms with Crippen LogP contribution in [0.1, 0.15) is 61.0 Å². The predicted molar refractivity (Wildman–Crippen MR) is 127 cm³/mol. The van der Waals surface area contributed by atoms with Crippen LogP contribution >= 0.6 is 0 Å². The van der Waals surface area contributed by atoms with Gasteiger partial charge in [0.15, 0.2) is 5.82 Å². The van der Waals surface area contributed by atoms with Crippen molar-refractivity contribution in [1.29, 1.82) is 0 Å². The number of carboxylic acid groups (broad SMARTS) is 1. The average Bonchev–Trinajstić information content (AvgIpc) is 3.30. The van der Waals surface area contributed by atoms with Crippen LogP contribution < -0.4 is 5.32 Å². The number of hydrogen-bond acceptors (Lipinski definition) is 4. The zero-order valence-electron chi connectivity index (χ0n) is 20.4. The number of H-pyrrole nitrogens is 1. The number of benzene rings is 2. The molecule has 1 saturated carbocycles. The Bertz CT molecular complexity index is 1320. The highest BCUT2D eigenvalue weighted by Gasteiger charge is 2.41. The van der Waals surface area contributed by atoms with Crippen molar-refractivity contribution in [2.45, 2.75) is 62.8 Å². The number of nitrogens with one attached hydrogen (secondary N) is 2. The van der Waals surface area contributed by atoms with Crippen molar-refractivity contribution in [1.82, 2.24) is 15.3 Å². The Balaban J connectivity index is 1.63. The molecular formula is C26H25F6N3O4. The summed E-state index contributed by atoms with van der Waals surface area (Å²) in [5.74, 6) is -8.73. The minimum absolute atomic E-state index is 0.00802. The number of ether oxygens (including phenoxy) is 1. The molecule has 1 aliphatic rings. The van der Waals surface area contributed by atoms with Crippen LogP contribution in [0.3, 0.4) is 0 Å². The molecule has 39 heavy (non-hydrogen) atoms. The number of halogens is 6. The second-order valence-corrected chi connectivity index (χ2v) is 9.57. The third-order valence-electron chi connectivity index (χ3n) is 6.76. The van der Waals surface area contributed by atoms with E-state index in [4.69, 9.17) is 4.74 Å². The van der Waals surface area contributed by atoms with Crippen LogP contribution in [0.15, 0.2) is 42.5 Å². The molecular weight excluding hydrogens is 532 g/mol. The Labute approximate surface area is 218 Å². The van der Waals surface area contributed by atoms with Gasteiger partial charge < -0.3 is 20.1 Å². The first-order chi connectivity index (χ1) is 18.3. The van der Waals surface area contributed by atoms with Gasteiger partial charge in [0.05, 0.1) is 23.9 Å². The van der Waals surface area contributed by atoms with E-state index >= 15 is 4.39 Å². The molecule has 1 fully saturated rings. The summed E-state index contributed by atoms with van der Waals surface area (Å²) in [5, 5.41) is 11.9. The average molecular weight is 557 g/mol. The lowest BCUT2D eigenvalue weighted by Gasteiger charge is -2.33. The first-order valence-electron chi connectivity index (χ1n) is 12.2. The Morgan fingerprint density at radius 3 is 2.41 bits per heavy atom. The lowest BCUT2D eigenvalue weighted by Crippen LogP contribution is -2.38. The van der Waals surface area contributed by atoms with Crippen LogP contribution in [0.2, 0.25) is 0 Å². The molecule has 1 amide bonds.